The molecule has 5 heteroatoms. The Balaban J connectivity index is 3.03. The van der Waals surface area contributed by atoms with E-state index >= 15 is 0 Å². The highest BCUT2D eigenvalue weighted by atomic mass is 79.9. The summed E-state index contributed by atoms with van der Waals surface area (Å²) < 4.78 is 0.882. The van der Waals surface area contributed by atoms with Crippen LogP contribution < -0.4 is 5.32 Å². The van der Waals surface area contributed by atoms with Crippen LogP contribution in [0.15, 0.2) is 22.7 Å². The average molecular weight is 245 g/mol. The summed E-state index contributed by atoms with van der Waals surface area (Å²) in [6, 6.07) is 4.72. The van der Waals surface area contributed by atoms with Gasteiger partial charge < -0.3 is 5.32 Å². The van der Waals surface area contributed by atoms with Gasteiger partial charge in [-0.15, -0.1) is 0 Å². The van der Waals surface area contributed by atoms with E-state index in [1.807, 2.05) is 0 Å². The van der Waals surface area contributed by atoms with Crippen molar-refractivity contribution in [3.63, 3.8) is 0 Å². The van der Waals surface area contributed by atoms with Crippen molar-refractivity contribution >= 4 is 21.6 Å². The third-order valence-electron chi connectivity index (χ3n) is 1.61. The normalized spacial score (nSPS) is 10.0. The monoisotopic (exact) mass is 244 g/mol. The highest BCUT2D eigenvalue weighted by molar-refractivity contribution is 9.10. The molecule has 0 aliphatic rings. The lowest BCUT2D eigenvalue weighted by Crippen LogP contribution is -2.06. The maximum Gasteiger partial charge on any atom is 0.269 e. The maximum atomic E-state index is 10.4. The molecule has 0 amide bonds. The van der Waals surface area contributed by atoms with E-state index in [4.69, 9.17) is 0 Å². The lowest BCUT2D eigenvalue weighted by atomic mass is 10.2. The second-order valence-electron chi connectivity index (χ2n) is 2.56. The molecule has 0 unspecified atom stereocenters. The molecule has 1 aromatic rings. The molecule has 0 atom stereocenters. The molecule has 1 rings (SSSR count). The molecule has 0 fully saturated rings. The molecule has 0 bridgehead atoms. The van der Waals surface area contributed by atoms with E-state index in [1.165, 1.54) is 6.07 Å². The number of hydrogen-bond acceptors (Lipinski definition) is 3. The van der Waals surface area contributed by atoms with E-state index in [0.29, 0.717) is 6.54 Å². The van der Waals surface area contributed by atoms with Gasteiger partial charge in [-0.3, -0.25) is 10.1 Å². The van der Waals surface area contributed by atoms with Gasteiger partial charge in [0.2, 0.25) is 0 Å². The SMILES string of the molecule is CNCc1cc([N+](=O)[O-])ccc1Br. The fourth-order valence-corrected chi connectivity index (χ4v) is 1.39. The Kier molecular flexibility index (Phi) is 3.39. The van der Waals surface area contributed by atoms with Gasteiger partial charge in [-0.1, -0.05) is 15.9 Å². The predicted octanol–water partition coefficient (Wildman–Crippen LogP) is 2.08. The highest BCUT2D eigenvalue weighted by Gasteiger charge is 2.08. The van der Waals surface area contributed by atoms with Crippen LogP contribution >= 0.6 is 15.9 Å². The minimum Gasteiger partial charge on any atom is -0.316 e. The van der Waals surface area contributed by atoms with Gasteiger partial charge in [0.05, 0.1) is 4.92 Å². The van der Waals surface area contributed by atoms with Crippen molar-refractivity contribution in [2.24, 2.45) is 0 Å². The first-order valence-electron chi connectivity index (χ1n) is 3.72. The molecule has 4 nitrogen and oxygen atoms in total. The molecule has 0 aromatic heterocycles. The number of hydrogen-bond donors (Lipinski definition) is 1. The fraction of sp³-hybridized carbons (Fsp3) is 0.250. The van der Waals surface area contributed by atoms with Crippen LogP contribution in [0.2, 0.25) is 0 Å². The molecule has 0 aliphatic carbocycles. The van der Waals surface area contributed by atoms with Crippen molar-refractivity contribution in [3.8, 4) is 0 Å². The van der Waals surface area contributed by atoms with Crippen LogP contribution in [0.4, 0.5) is 5.69 Å². The standard InChI is InChI=1S/C8H9BrN2O2/c1-10-5-6-4-7(11(12)13)2-3-8(6)9/h2-4,10H,5H2,1H3. The van der Waals surface area contributed by atoms with Crippen LogP contribution in [0.3, 0.4) is 0 Å². The molecule has 0 saturated carbocycles. The number of rotatable bonds is 3. The molecular formula is C8H9BrN2O2. The number of nitro benzene ring substituents is 1. The molecule has 13 heavy (non-hydrogen) atoms. The molecular weight excluding hydrogens is 236 g/mol. The zero-order chi connectivity index (χ0) is 9.84. The quantitative estimate of drug-likeness (QED) is 0.655. The summed E-state index contributed by atoms with van der Waals surface area (Å²) in [5, 5.41) is 13.4. The zero-order valence-corrected chi connectivity index (χ0v) is 8.67. The van der Waals surface area contributed by atoms with Crippen molar-refractivity contribution < 1.29 is 4.92 Å². The molecule has 1 N–H and O–H groups in total. The zero-order valence-electron chi connectivity index (χ0n) is 7.08. The van der Waals surface area contributed by atoms with Gasteiger partial charge in [-0.05, 0) is 18.7 Å². The van der Waals surface area contributed by atoms with Crippen LogP contribution in [-0.2, 0) is 6.54 Å². The van der Waals surface area contributed by atoms with E-state index in [9.17, 15) is 10.1 Å². The Morgan fingerprint density at radius 1 is 1.62 bits per heavy atom. The van der Waals surface area contributed by atoms with Crippen molar-refractivity contribution in [2.75, 3.05) is 7.05 Å². The summed E-state index contributed by atoms with van der Waals surface area (Å²) in [5.74, 6) is 0. The first kappa shape index (κ1) is 10.1. The Morgan fingerprint density at radius 3 is 2.85 bits per heavy atom. The molecule has 0 aliphatic heterocycles. The largest absolute Gasteiger partial charge is 0.316 e. The minimum absolute atomic E-state index is 0.119. The molecule has 70 valence electrons. The molecule has 0 heterocycles. The van der Waals surface area contributed by atoms with E-state index in [2.05, 4.69) is 21.2 Å². The average Bonchev–Trinajstić information content (AvgIpc) is 2.08. The lowest BCUT2D eigenvalue weighted by Gasteiger charge is -2.02. The van der Waals surface area contributed by atoms with E-state index in [1.54, 1.807) is 19.2 Å². The Hall–Kier alpha value is -0.940. The molecule has 0 saturated heterocycles. The number of benzene rings is 1. The van der Waals surface area contributed by atoms with E-state index in [-0.39, 0.29) is 5.69 Å². The van der Waals surface area contributed by atoms with Crippen LogP contribution in [0.5, 0.6) is 0 Å². The van der Waals surface area contributed by atoms with Gasteiger partial charge in [0, 0.05) is 23.2 Å². The van der Waals surface area contributed by atoms with Gasteiger partial charge in [0.25, 0.3) is 5.69 Å². The lowest BCUT2D eigenvalue weighted by molar-refractivity contribution is -0.384. The third-order valence-corrected chi connectivity index (χ3v) is 2.38. The van der Waals surface area contributed by atoms with Crippen molar-refractivity contribution in [3.05, 3.63) is 38.3 Å². The summed E-state index contributed by atoms with van der Waals surface area (Å²) in [6.07, 6.45) is 0. The van der Waals surface area contributed by atoms with Crippen LogP contribution in [0.25, 0.3) is 0 Å². The van der Waals surface area contributed by atoms with Crippen LogP contribution in [0, 0.1) is 10.1 Å². The maximum absolute atomic E-state index is 10.4. The first-order valence-corrected chi connectivity index (χ1v) is 4.52. The van der Waals surface area contributed by atoms with Gasteiger partial charge >= 0.3 is 0 Å². The van der Waals surface area contributed by atoms with E-state index in [0.717, 1.165) is 10.0 Å². The third kappa shape index (κ3) is 2.50. The summed E-state index contributed by atoms with van der Waals surface area (Å²) in [4.78, 5) is 10.0. The topological polar surface area (TPSA) is 55.2 Å². The predicted molar refractivity (Wildman–Crippen MR) is 53.6 cm³/mol. The van der Waals surface area contributed by atoms with Crippen LogP contribution in [-0.4, -0.2) is 12.0 Å². The minimum atomic E-state index is -0.397. The number of nitrogens with one attached hydrogen (secondary N) is 1. The summed E-state index contributed by atoms with van der Waals surface area (Å²) in [7, 11) is 1.80. The second-order valence-corrected chi connectivity index (χ2v) is 3.42. The molecule has 0 radical (unpaired) electrons. The number of nitro groups is 1. The van der Waals surface area contributed by atoms with Gasteiger partial charge in [-0.25, -0.2) is 0 Å². The number of halogens is 1. The van der Waals surface area contributed by atoms with Crippen LogP contribution in [0.1, 0.15) is 5.56 Å². The number of non-ortho nitro benzene ring substituents is 1. The van der Waals surface area contributed by atoms with Crippen molar-refractivity contribution in [1.29, 1.82) is 0 Å². The number of nitrogens with zero attached hydrogens (tertiary/aromatic N) is 1. The summed E-state index contributed by atoms with van der Waals surface area (Å²) >= 11 is 3.32. The van der Waals surface area contributed by atoms with Crippen molar-refractivity contribution in [1.82, 2.24) is 5.32 Å². The Bertz CT molecular complexity index is 328. The fourth-order valence-electron chi connectivity index (χ4n) is 1.00. The summed E-state index contributed by atoms with van der Waals surface area (Å²) in [5.41, 5.74) is 1.00. The summed E-state index contributed by atoms with van der Waals surface area (Å²) in [6.45, 7) is 0.613. The molecule has 0 spiro atoms. The Morgan fingerprint density at radius 2 is 2.31 bits per heavy atom. The first-order chi connectivity index (χ1) is 6.15. The second kappa shape index (κ2) is 4.34. The Labute approximate surface area is 84.2 Å². The van der Waals surface area contributed by atoms with Gasteiger partial charge in [0.1, 0.15) is 0 Å². The highest BCUT2D eigenvalue weighted by Crippen LogP contribution is 2.22. The van der Waals surface area contributed by atoms with E-state index < -0.39 is 4.92 Å². The van der Waals surface area contributed by atoms with Gasteiger partial charge in [-0.2, -0.15) is 0 Å². The van der Waals surface area contributed by atoms with Gasteiger partial charge in [0.15, 0.2) is 0 Å². The smallest absolute Gasteiger partial charge is 0.269 e. The van der Waals surface area contributed by atoms with Crippen molar-refractivity contribution in [2.45, 2.75) is 6.54 Å². The molecule has 1 aromatic carbocycles.